The van der Waals surface area contributed by atoms with Gasteiger partial charge in [0.25, 0.3) is 0 Å². The van der Waals surface area contributed by atoms with Crippen LogP contribution in [0.5, 0.6) is 0 Å². The van der Waals surface area contributed by atoms with Gasteiger partial charge in [-0.1, -0.05) is 32.0 Å². The van der Waals surface area contributed by atoms with Crippen LogP contribution in [0.15, 0.2) is 24.3 Å². The molecule has 116 valence electrons. The molecule has 1 aromatic carbocycles. The van der Waals surface area contributed by atoms with Crippen LogP contribution in [0.4, 0.5) is 0 Å². The quantitative estimate of drug-likeness (QED) is 0.807. The maximum Gasteiger partial charge on any atom is 0.249 e. The summed E-state index contributed by atoms with van der Waals surface area (Å²) >= 11 is 0. The molecule has 1 fully saturated rings. The minimum absolute atomic E-state index is 0.339. The third kappa shape index (κ3) is 4.83. The predicted molar refractivity (Wildman–Crippen MR) is 86.1 cm³/mol. The molecule has 1 aliphatic heterocycles. The Morgan fingerprint density at radius 1 is 1.43 bits per heavy atom. The van der Waals surface area contributed by atoms with Gasteiger partial charge < -0.3 is 11.1 Å². The molecule has 1 saturated heterocycles. The van der Waals surface area contributed by atoms with Gasteiger partial charge >= 0.3 is 0 Å². The number of carbonyl (C=O) groups is 1. The number of carbonyl (C=O) groups excluding carboxylic acids is 1. The maximum atomic E-state index is 11.6. The largest absolute Gasteiger partial charge is 0.366 e. The lowest BCUT2D eigenvalue weighted by Gasteiger charge is -2.28. The number of hydrogen-bond donors (Lipinski definition) is 2. The normalized spacial score (nSPS) is 18.6. The number of nitrogens with one attached hydrogen (secondary N) is 1. The third-order valence-electron chi connectivity index (χ3n) is 3.94. The first-order valence-corrected chi connectivity index (χ1v) is 7.89. The van der Waals surface area contributed by atoms with E-state index in [1.807, 2.05) is 24.3 Å². The van der Waals surface area contributed by atoms with E-state index in [2.05, 4.69) is 24.1 Å². The lowest BCUT2D eigenvalue weighted by atomic mass is 10.1. The fourth-order valence-electron chi connectivity index (χ4n) is 3.08. The second kappa shape index (κ2) is 7.57. The average molecular weight is 289 g/mol. The molecule has 0 aromatic heterocycles. The van der Waals surface area contributed by atoms with Gasteiger partial charge in [0.15, 0.2) is 0 Å². The third-order valence-corrected chi connectivity index (χ3v) is 3.94. The van der Waals surface area contributed by atoms with Crippen LogP contribution in [0, 0.1) is 5.92 Å². The molecule has 0 spiro atoms. The van der Waals surface area contributed by atoms with Crippen molar-refractivity contribution in [1.82, 2.24) is 10.2 Å². The average Bonchev–Trinajstić information content (AvgIpc) is 2.91. The Kier molecular flexibility index (Phi) is 5.76. The molecule has 4 heteroatoms. The SMILES string of the molecule is CC(C)CN(Cc1ccccc1C(N)=O)CC1CCCN1. The maximum absolute atomic E-state index is 11.6. The lowest BCUT2D eigenvalue weighted by Crippen LogP contribution is -2.39. The summed E-state index contributed by atoms with van der Waals surface area (Å²) < 4.78 is 0. The summed E-state index contributed by atoms with van der Waals surface area (Å²) in [5.41, 5.74) is 7.16. The van der Waals surface area contributed by atoms with Crippen molar-refractivity contribution in [2.24, 2.45) is 11.7 Å². The highest BCUT2D eigenvalue weighted by Crippen LogP contribution is 2.15. The van der Waals surface area contributed by atoms with Gasteiger partial charge in [0, 0.05) is 31.2 Å². The monoisotopic (exact) mass is 289 g/mol. The van der Waals surface area contributed by atoms with Gasteiger partial charge in [0.1, 0.15) is 0 Å². The fraction of sp³-hybridized carbons (Fsp3) is 0.588. The summed E-state index contributed by atoms with van der Waals surface area (Å²) in [6, 6.07) is 8.25. The molecule has 1 heterocycles. The summed E-state index contributed by atoms with van der Waals surface area (Å²) in [6.07, 6.45) is 2.50. The molecule has 0 radical (unpaired) electrons. The van der Waals surface area contributed by atoms with Crippen LogP contribution in [0.1, 0.15) is 42.6 Å². The Bertz CT molecular complexity index is 467. The van der Waals surface area contributed by atoms with Crippen molar-refractivity contribution in [3.63, 3.8) is 0 Å². The highest BCUT2D eigenvalue weighted by Gasteiger charge is 2.20. The molecule has 1 atom stereocenters. The Labute approximate surface area is 127 Å². The van der Waals surface area contributed by atoms with Crippen LogP contribution >= 0.6 is 0 Å². The van der Waals surface area contributed by atoms with E-state index in [0.29, 0.717) is 17.5 Å². The first-order chi connectivity index (χ1) is 10.1. The van der Waals surface area contributed by atoms with Crippen LogP contribution in [0.25, 0.3) is 0 Å². The van der Waals surface area contributed by atoms with Crippen LogP contribution in [0.2, 0.25) is 0 Å². The molecular weight excluding hydrogens is 262 g/mol. The number of amides is 1. The Hall–Kier alpha value is -1.39. The summed E-state index contributed by atoms with van der Waals surface area (Å²) in [5.74, 6) is 0.265. The van der Waals surface area contributed by atoms with Crippen LogP contribution in [-0.2, 0) is 6.54 Å². The van der Waals surface area contributed by atoms with E-state index >= 15 is 0 Å². The lowest BCUT2D eigenvalue weighted by molar-refractivity contribution is 0.0998. The summed E-state index contributed by atoms with van der Waals surface area (Å²) in [4.78, 5) is 14.0. The van der Waals surface area contributed by atoms with Crippen LogP contribution < -0.4 is 11.1 Å². The summed E-state index contributed by atoms with van der Waals surface area (Å²) in [7, 11) is 0. The van der Waals surface area contributed by atoms with Gasteiger partial charge in [-0.3, -0.25) is 9.69 Å². The molecule has 1 aromatic rings. The first-order valence-electron chi connectivity index (χ1n) is 7.89. The second-order valence-corrected chi connectivity index (χ2v) is 6.40. The van der Waals surface area contributed by atoms with Crippen molar-refractivity contribution >= 4 is 5.91 Å². The van der Waals surface area contributed by atoms with E-state index in [4.69, 9.17) is 5.73 Å². The highest BCUT2D eigenvalue weighted by atomic mass is 16.1. The Morgan fingerprint density at radius 2 is 2.19 bits per heavy atom. The van der Waals surface area contributed by atoms with Crippen LogP contribution in [-0.4, -0.2) is 36.5 Å². The van der Waals surface area contributed by atoms with E-state index in [1.165, 1.54) is 12.8 Å². The molecule has 21 heavy (non-hydrogen) atoms. The van der Waals surface area contributed by atoms with Crippen molar-refractivity contribution in [3.8, 4) is 0 Å². The number of primary amides is 1. The van der Waals surface area contributed by atoms with Gasteiger partial charge in [-0.25, -0.2) is 0 Å². The molecule has 0 saturated carbocycles. The van der Waals surface area contributed by atoms with Gasteiger partial charge in [-0.2, -0.15) is 0 Å². The van der Waals surface area contributed by atoms with Gasteiger partial charge in [-0.15, -0.1) is 0 Å². The first kappa shape index (κ1) is 16.0. The molecule has 4 nitrogen and oxygen atoms in total. The standard InChI is InChI=1S/C17H27N3O/c1-13(2)10-20(12-15-7-5-9-19-15)11-14-6-3-4-8-16(14)17(18)21/h3-4,6,8,13,15,19H,5,7,9-12H2,1-2H3,(H2,18,21). The molecule has 1 aliphatic rings. The van der Waals surface area contributed by atoms with E-state index in [9.17, 15) is 4.79 Å². The molecule has 3 N–H and O–H groups in total. The van der Waals surface area contributed by atoms with Crippen LogP contribution in [0.3, 0.4) is 0 Å². The van der Waals surface area contributed by atoms with E-state index in [1.54, 1.807) is 0 Å². The number of hydrogen-bond acceptors (Lipinski definition) is 3. The van der Waals surface area contributed by atoms with Gasteiger partial charge in [0.2, 0.25) is 5.91 Å². The number of nitrogens with zero attached hydrogens (tertiary/aromatic N) is 1. The molecule has 2 rings (SSSR count). The van der Waals surface area contributed by atoms with E-state index in [0.717, 1.165) is 31.7 Å². The van der Waals surface area contributed by atoms with Crippen molar-refractivity contribution in [1.29, 1.82) is 0 Å². The van der Waals surface area contributed by atoms with Crippen molar-refractivity contribution < 1.29 is 4.79 Å². The minimum Gasteiger partial charge on any atom is -0.366 e. The van der Waals surface area contributed by atoms with E-state index < -0.39 is 0 Å². The van der Waals surface area contributed by atoms with Crippen molar-refractivity contribution in [2.75, 3.05) is 19.6 Å². The highest BCUT2D eigenvalue weighted by molar-refractivity contribution is 5.94. The molecule has 0 aliphatic carbocycles. The van der Waals surface area contributed by atoms with E-state index in [-0.39, 0.29) is 5.91 Å². The van der Waals surface area contributed by atoms with Gasteiger partial charge in [0.05, 0.1) is 0 Å². The van der Waals surface area contributed by atoms with Crippen molar-refractivity contribution in [3.05, 3.63) is 35.4 Å². The molecule has 1 amide bonds. The summed E-state index contributed by atoms with van der Waals surface area (Å²) in [6.45, 7) is 8.44. The Balaban J connectivity index is 2.08. The smallest absolute Gasteiger partial charge is 0.249 e. The predicted octanol–water partition coefficient (Wildman–Crippen LogP) is 2.00. The molecular formula is C17H27N3O. The number of benzene rings is 1. The van der Waals surface area contributed by atoms with Gasteiger partial charge in [-0.05, 0) is 36.9 Å². The Morgan fingerprint density at radius 3 is 2.81 bits per heavy atom. The molecule has 1 unspecified atom stereocenters. The fourth-order valence-corrected chi connectivity index (χ4v) is 3.08. The second-order valence-electron chi connectivity index (χ2n) is 6.40. The zero-order chi connectivity index (χ0) is 15.2. The summed E-state index contributed by atoms with van der Waals surface area (Å²) in [5, 5.41) is 3.55. The zero-order valence-electron chi connectivity index (χ0n) is 13.1. The number of nitrogens with two attached hydrogens (primary N) is 1. The molecule has 0 bridgehead atoms. The van der Waals surface area contributed by atoms with Crippen molar-refractivity contribution in [2.45, 2.75) is 39.3 Å². The topological polar surface area (TPSA) is 58.4 Å². The minimum atomic E-state index is -0.339. The zero-order valence-corrected chi connectivity index (χ0v) is 13.1. The number of rotatable bonds is 7.